The van der Waals surface area contributed by atoms with E-state index in [9.17, 15) is 0 Å². The highest BCUT2D eigenvalue weighted by Gasteiger charge is 2.19. The largest absolute Gasteiger partial charge is 0.379 e. The van der Waals surface area contributed by atoms with Crippen molar-refractivity contribution < 1.29 is 0 Å². The highest BCUT2D eigenvalue weighted by molar-refractivity contribution is 5.55. The number of nitrogens with zero attached hydrogens (tertiary/aromatic N) is 1. The van der Waals surface area contributed by atoms with Crippen LogP contribution in [0.4, 0.5) is 5.69 Å². The van der Waals surface area contributed by atoms with Crippen LogP contribution < -0.4 is 5.32 Å². The first-order chi connectivity index (χ1) is 11.2. The van der Waals surface area contributed by atoms with Crippen molar-refractivity contribution in [2.45, 2.75) is 64.3 Å². The molecule has 122 valence electrons. The van der Waals surface area contributed by atoms with E-state index in [1.165, 1.54) is 48.9 Å². The van der Waals surface area contributed by atoms with E-state index in [0.29, 0.717) is 11.8 Å². The molecule has 1 heterocycles. The first kappa shape index (κ1) is 16.0. The van der Waals surface area contributed by atoms with Crippen molar-refractivity contribution in [1.29, 1.82) is 0 Å². The number of anilines is 1. The van der Waals surface area contributed by atoms with Crippen LogP contribution in [0.3, 0.4) is 0 Å². The van der Waals surface area contributed by atoms with Gasteiger partial charge in [-0.2, -0.15) is 0 Å². The average molecular weight is 308 g/mol. The highest BCUT2D eigenvalue weighted by atomic mass is 14.9. The van der Waals surface area contributed by atoms with Gasteiger partial charge in [0, 0.05) is 11.9 Å². The van der Waals surface area contributed by atoms with Crippen LogP contribution in [-0.2, 0) is 6.54 Å². The van der Waals surface area contributed by atoms with Gasteiger partial charge in [0.25, 0.3) is 0 Å². The van der Waals surface area contributed by atoms with Crippen molar-refractivity contribution in [2.75, 3.05) is 5.32 Å². The van der Waals surface area contributed by atoms with Gasteiger partial charge >= 0.3 is 0 Å². The number of rotatable bonds is 5. The number of hydrogen-bond donors (Lipinski definition) is 1. The predicted molar refractivity (Wildman–Crippen MR) is 97.9 cm³/mol. The molecule has 1 saturated carbocycles. The van der Waals surface area contributed by atoms with Crippen LogP contribution in [0, 0.1) is 0 Å². The molecule has 1 aliphatic rings. The zero-order valence-electron chi connectivity index (χ0n) is 14.4. The van der Waals surface area contributed by atoms with E-state index in [1.54, 1.807) is 0 Å². The van der Waals surface area contributed by atoms with Gasteiger partial charge in [-0.1, -0.05) is 51.3 Å². The van der Waals surface area contributed by atoms with Crippen LogP contribution in [0.2, 0.25) is 0 Å². The molecule has 1 fully saturated rings. The third-order valence-corrected chi connectivity index (χ3v) is 4.97. The first-order valence-electron chi connectivity index (χ1n) is 9.01. The molecular formula is C21H28N2. The molecule has 0 spiro atoms. The quantitative estimate of drug-likeness (QED) is 0.747. The summed E-state index contributed by atoms with van der Waals surface area (Å²) in [5.41, 5.74) is 5.36. The number of aromatic nitrogens is 1. The van der Waals surface area contributed by atoms with Crippen molar-refractivity contribution in [1.82, 2.24) is 4.98 Å². The van der Waals surface area contributed by atoms with Crippen LogP contribution in [0.25, 0.3) is 0 Å². The fraction of sp³-hybridized carbons (Fsp3) is 0.476. The summed E-state index contributed by atoms with van der Waals surface area (Å²) in [7, 11) is 0. The minimum Gasteiger partial charge on any atom is -0.379 e. The van der Waals surface area contributed by atoms with E-state index >= 15 is 0 Å². The summed E-state index contributed by atoms with van der Waals surface area (Å²) in [5, 5.41) is 3.63. The van der Waals surface area contributed by atoms with Crippen molar-refractivity contribution >= 4 is 5.69 Å². The molecule has 1 aromatic carbocycles. The van der Waals surface area contributed by atoms with Gasteiger partial charge in [-0.3, -0.25) is 4.98 Å². The predicted octanol–water partition coefficient (Wildman–Crippen LogP) is 5.86. The standard InChI is InChI=1S/C21H28N2/c1-16(2)18-11-12-21(23-15-19-10-6-7-13-22-19)20(14-18)17-8-4-3-5-9-17/h6-7,10-14,16-17,23H,3-5,8-9,15H2,1-2H3. The second-order valence-corrected chi connectivity index (χ2v) is 7.01. The van der Waals surface area contributed by atoms with Crippen LogP contribution in [0.1, 0.15) is 74.6 Å². The van der Waals surface area contributed by atoms with Crippen LogP contribution >= 0.6 is 0 Å². The Morgan fingerprint density at radius 1 is 1.09 bits per heavy atom. The van der Waals surface area contributed by atoms with Gasteiger partial charge in [0.05, 0.1) is 12.2 Å². The Hall–Kier alpha value is -1.83. The van der Waals surface area contributed by atoms with Crippen molar-refractivity contribution in [3.8, 4) is 0 Å². The molecule has 0 saturated heterocycles. The van der Waals surface area contributed by atoms with Crippen LogP contribution in [0.15, 0.2) is 42.6 Å². The first-order valence-corrected chi connectivity index (χ1v) is 9.01. The van der Waals surface area contributed by atoms with Gasteiger partial charge in [-0.15, -0.1) is 0 Å². The SMILES string of the molecule is CC(C)c1ccc(NCc2ccccn2)c(C2CCCCC2)c1. The summed E-state index contributed by atoms with van der Waals surface area (Å²) in [5.74, 6) is 1.30. The fourth-order valence-corrected chi connectivity index (χ4v) is 3.54. The molecule has 0 bridgehead atoms. The summed E-state index contributed by atoms with van der Waals surface area (Å²) in [4.78, 5) is 4.42. The minimum atomic E-state index is 0.585. The summed E-state index contributed by atoms with van der Waals surface area (Å²) in [6.45, 7) is 5.35. The smallest absolute Gasteiger partial charge is 0.0594 e. The number of nitrogens with one attached hydrogen (secondary N) is 1. The highest BCUT2D eigenvalue weighted by Crippen LogP contribution is 2.38. The Balaban J connectivity index is 1.82. The molecule has 3 rings (SSSR count). The lowest BCUT2D eigenvalue weighted by molar-refractivity contribution is 0.444. The van der Waals surface area contributed by atoms with Crippen LogP contribution in [-0.4, -0.2) is 4.98 Å². The van der Waals surface area contributed by atoms with E-state index < -0.39 is 0 Å². The molecule has 0 unspecified atom stereocenters. The lowest BCUT2D eigenvalue weighted by atomic mass is 9.82. The summed E-state index contributed by atoms with van der Waals surface area (Å²) >= 11 is 0. The fourth-order valence-electron chi connectivity index (χ4n) is 3.54. The Morgan fingerprint density at radius 2 is 1.91 bits per heavy atom. The molecule has 0 amide bonds. The van der Waals surface area contributed by atoms with Crippen molar-refractivity contribution in [3.05, 3.63) is 59.4 Å². The Kier molecular flexibility index (Phi) is 5.32. The third-order valence-electron chi connectivity index (χ3n) is 4.97. The van der Waals surface area contributed by atoms with E-state index in [-0.39, 0.29) is 0 Å². The molecule has 1 aliphatic carbocycles. The number of pyridine rings is 1. The second-order valence-electron chi connectivity index (χ2n) is 7.01. The zero-order chi connectivity index (χ0) is 16.1. The second kappa shape index (κ2) is 7.63. The molecule has 23 heavy (non-hydrogen) atoms. The minimum absolute atomic E-state index is 0.585. The average Bonchev–Trinajstić information content (AvgIpc) is 2.61. The Bertz CT molecular complexity index is 613. The molecule has 1 aromatic heterocycles. The molecular weight excluding hydrogens is 280 g/mol. The molecule has 0 radical (unpaired) electrons. The van der Waals surface area contributed by atoms with E-state index in [1.807, 2.05) is 18.3 Å². The molecule has 0 atom stereocenters. The lowest BCUT2D eigenvalue weighted by Gasteiger charge is -2.26. The Morgan fingerprint density at radius 3 is 2.61 bits per heavy atom. The van der Waals surface area contributed by atoms with Gasteiger partial charge in [0.2, 0.25) is 0 Å². The number of benzene rings is 1. The van der Waals surface area contributed by atoms with Crippen molar-refractivity contribution in [2.24, 2.45) is 0 Å². The summed E-state index contributed by atoms with van der Waals surface area (Å²) in [6.07, 6.45) is 8.67. The maximum Gasteiger partial charge on any atom is 0.0594 e. The van der Waals surface area contributed by atoms with Gasteiger partial charge in [0.15, 0.2) is 0 Å². The lowest BCUT2D eigenvalue weighted by Crippen LogP contribution is -2.10. The normalized spacial score (nSPS) is 15.8. The molecule has 2 nitrogen and oxygen atoms in total. The maximum atomic E-state index is 4.42. The molecule has 2 aromatic rings. The third kappa shape index (κ3) is 4.13. The maximum absolute atomic E-state index is 4.42. The van der Waals surface area contributed by atoms with Crippen LogP contribution in [0.5, 0.6) is 0 Å². The number of hydrogen-bond acceptors (Lipinski definition) is 2. The van der Waals surface area contributed by atoms with Gasteiger partial charge in [-0.05, 0) is 54.0 Å². The van der Waals surface area contributed by atoms with E-state index in [2.05, 4.69) is 48.4 Å². The summed E-state index contributed by atoms with van der Waals surface area (Å²) < 4.78 is 0. The molecule has 2 heteroatoms. The van der Waals surface area contributed by atoms with Gasteiger partial charge < -0.3 is 5.32 Å². The van der Waals surface area contributed by atoms with E-state index in [4.69, 9.17) is 0 Å². The van der Waals surface area contributed by atoms with Crippen molar-refractivity contribution in [3.63, 3.8) is 0 Å². The molecule has 1 N–H and O–H groups in total. The summed E-state index contributed by atoms with van der Waals surface area (Å²) in [6, 6.07) is 13.1. The van der Waals surface area contributed by atoms with Gasteiger partial charge in [0.1, 0.15) is 0 Å². The molecule has 0 aliphatic heterocycles. The monoisotopic (exact) mass is 308 g/mol. The zero-order valence-corrected chi connectivity index (χ0v) is 14.4. The van der Waals surface area contributed by atoms with Gasteiger partial charge in [-0.25, -0.2) is 0 Å². The topological polar surface area (TPSA) is 24.9 Å². The van der Waals surface area contributed by atoms with E-state index in [0.717, 1.165) is 12.2 Å². The Labute approximate surface area is 140 Å².